The first kappa shape index (κ1) is 17.1. The Morgan fingerprint density at radius 2 is 1.88 bits per heavy atom. The summed E-state index contributed by atoms with van der Waals surface area (Å²) in [6, 6.07) is 8.54. The highest BCUT2D eigenvalue weighted by Gasteiger charge is 2.33. The van der Waals surface area contributed by atoms with Gasteiger partial charge in [0.25, 0.3) is 5.91 Å². The van der Waals surface area contributed by atoms with Gasteiger partial charge < -0.3 is 14.8 Å². The summed E-state index contributed by atoms with van der Waals surface area (Å²) in [5.74, 6) is 0.0777. The van der Waals surface area contributed by atoms with Crippen molar-refractivity contribution >= 4 is 22.7 Å². The zero-order valence-electron chi connectivity index (χ0n) is 15.6. The van der Waals surface area contributed by atoms with Gasteiger partial charge in [-0.15, -0.1) is 0 Å². The molecule has 2 fully saturated rings. The van der Waals surface area contributed by atoms with Gasteiger partial charge in [-0.1, -0.05) is 24.5 Å². The fourth-order valence-electron chi connectivity index (χ4n) is 4.38. The minimum atomic E-state index is -0.0727. The van der Waals surface area contributed by atoms with Crippen molar-refractivity contribution in [1.82, 2.24) is 14.8 Å². The van der Waals surface area contributed by atoms with E-state index >= 15 is 0 Å². The van der Waals surface area contributed by atoms with Crippen LogP contribution in [0.25, 0.3) is 10.9 Å². The van der Waals surface area contributed by atoms with Crippen LogP contribution in [0.2, 0.25) is 0 Å². The second-order valence-corrected chi connectivity index (χ2v) is 7.88. The topological polar surface area (TPSA) is 54.3 Å². The van der Waals surface area contributed by atoms with E-state index in [2.05, 4.69) is 30.4 Å². The average Bonchev–Trinajstić information content (AvgIpc) is 3.34. The lowest BCUT2D eigenvalue weighted by molar-refractivity contribution is -0.125. The van der Waals surface area contributed by atoms with Crippen LogP contribution < -0.4 is 5.32 Å². The van der Waals surface area contributed by atoms with Crippen LogP contribution in [-0.4, -0.2) is 40.4 Å². The molecule has 26 heavy (non-hydrogen) atoms. The van der Waals surface area contributed by atoms with E-state index in [-0.39, 0.29) is 17.7 Å². The third kappa shape index (κ3) is 3.11. The van der Waals surface area contributed by atoms with Gasteiger partial charge in [0.05, 0.1) is 5.92 Å². The monoisotopic (exact) mass is 353 g/mol. The van der Waals surface area contributed by atoms with Crippen molar-refractivity contribution in [2.24, 2.45) is 13.0 Å². The van der Waals surface area contributed by atoms with Crippen molar-refractivity contribution in [3.8, 4) is 0 Å². The molecule has 1 aliphatic heterocycles. The second-order valence-electron chi connectivity index (χ2n) is 7.88. The van der Waals surface area contributed by atoms with E-state index in [0.717, 1.165) is 30.2 Å². The molecule has 1 atom stereocenters. The van der Waals surface area contributed by atoms with E-state index in [1.54, 1.807) is 0 Å². The molecule has 5 heteroatoms. The number of nitrogens with one attached hydrogen (secondary N) is 1. The van der Waals surface area contributed by atoms with Crippen LogP contribution in [0.1, 0.15) is 48.2 Å². The lowest BCUT2D eigenvalue weighted by atomic mass is 10.1. The molecule has 1 N–H and O–H groups in total. The Balaban J connectivity index is 1.46. The second kappa shape index (κ2) is 6.78. The van der Waals surface area contributed by atoms with Crippen molar-refractivity contribution in [3.05, 3.63) is 35.5 Å². The number of rotatable bonds is 3. The minimum absolute atomic E-state index is 0.0255. The van der Waals surface area contributed by atoms with Crippen LogP contribution in [0, 0.1) is 12.8 Å². The molecule has 0 radical (unpaired) electrons. The van der Waals surface area contributed by atoms with Crippen molar-refractivity contribution in [2.45, 2.75) is 45.1 Å². The van der Waals surface area contributed by atoms with Gasteiger partial charge in [0.15, 0.2) is 0 Å². The van der Waals surface area contributed by atoms with Gasteiger partial charge in [-0.05, 0) is 44.4 Å². The van der Waals surface area contributed by atoms with Gasteiger partial charge in [-0.25, -0.2) is 0 Å². The van der Waals surface area contributed by atoms with E-state index < -0.39 is 0 Å². The molecule has 4 rings (SSSR count). The normalized spacial score (nSPS) is 20.8. The first-order valence-corrected chi connectivity index (χ1v) is 9.68. The summed E-state index contributed by atoms with van der Waals surface area (Å²) in [6.45, 7) is 3.24. The van der Waals surface area contributed by atoms with Gasteiger partial charge in [0.2, 0.25) is 5.91 Å². The fourth-order valence-corrected chi connectivity index (χ4v) is 4.38. The van der Waals surface area contributed by atoms with Crippen LogP contribution in [-0.2, 0) is 11.8 Å². The Bertz CT molecular complexity index is 848. The summed E-state index contributed by atoms with van der Waals surface area (Å²) in [5, 5.41) is 4.27. The molecule has 0 spiro atoms. The summed E-state index contributed by atoms with van der Waals surface area (Å²) in [5.41, 5.74) is 2.95. The first-order chi connectivity index (χ1) is 12.5. The zero-order chi connectivity index (χ0) is 18.3. The van der Waals surface area contributed by atoms with Gasteiger partial charge in [0, 0.05) is 37.1 Å². The average molecular weight is 353 g/mol. The molecule has 2 aromatic rings. The van der Waals surface area contributed by atoms with Crippen molar-refractivity contribution in [1.29, 1.82) is 0 Å². The van der Waals surface area contributed by atoms with Crippen LogP contribution >= 0.6 is 0 Å². The summed E-state index contributed by atoms with van der Waals surface area (Å²) in [6.07, 6.45) is 5.36. The summed E-state index contributed by atoms with van der Waals surface area (Å²) >= 11 is 0. The van der Waals surface area contributed by atoms with E-state index in [1.807, 2.05) is 22.6 Å². The van der Waals surface area contributed by atoms with Gasteiger partial charge >= 0.3 is 0 Å². The molecule has 138 valence electrons. The first-order valence-electron chi connectivity index (χ1n) is 9.68. The summed E-state index contributed by atoms with van der Waals surface area (Å²) in [7, 11) is 1.94. The Morgan fingerprint density at radius 3 is 2.65 bits per heavy atom. The third-order valence-corrected chi connectivity index (χ3v) is 5.96. The summed E-state index contributed by atoms with van der Waals surface area (Å²) in [4.78, 5) is 27.3. The van der Waals surface area contributed by atoms with Gasteiger partial charge in [0.1, 0.15) is 5.69 Å². The van der Waals surface area contributed by atoms with E-state index in [1.165, 1.54) is 18.4 Å². The predicted molar refractivity (Wildman–Crippen MR) is 102 cm³/mol. The van der Waals surface area contributed by atoms with Gasteiger partial charge in [-0.2, -0.15) is 0 Å². The Labute approximate surface area is 154 Å². The third-order valence-electron chi connectivity index (χ3n) is 5.96. The molecular formula is C21H27N3O2. The number of nitrogens with zero attached hydrogens (tertiary/aromatic N) is 2. The molecule has 5 nitrogen and oxygen atoms in total. The molecule has 1 aromatic carbocycles. The Kier molecular flexibility index (Phi) is 4.47. The number of hydrogen-bond donors (Lipinski definition) is 1. The minimum Gasteiger partial charge on any atom is -0.353 e. The van der Waals surface area contributed by atoms with Crippen molar-refractivity contribution < 1.29 is 9.59 Å². The Hall–Kier alpha value is -2.30. The molecular weight excluding hydrogens is 326 g/mol. The molecule has 2 heterocycles. The number of carbonyl (C=O) groups excluding carboxylic acids is 2. The van der Waals surface area contributed by atoms with E-state index in [0.29, 0.717) is 24.8 Å². The number of aromatic nitrogens is 1. The molecule has 1 aromatic heterocycles. The van der Waals surface area contributed by atoms with Crippen LogP contribution in [0.5, 0.6) is 0 Å². The zero-order valence-corrected chi connectivity index (χ0v) is 15.6. The van der Waals surface area contributed by atoms with E-state index in [4.69, 9.17) is 0 Å². The molecule has 2 aliphatic rings. The largest absolute Gasteiger partial charge is 0.353 e. The number of likely N-dealkylation sites (tertiary alicyclic amines) is 1. The maximum absolute atomic E-state index is 13.0. The molecule has 1 saturated heterocycles. The van der Waals surface area contributed by atoms with Crippen molar-refractivity contribution in [3.63, 3.8) is 0 Å². The quantitative estimate of drug-likeness (QED) is 0.922. The maximum atomic E-state index is 13.0. The molecule has 0 bridgehead atoms. The lowest BCUT2D eigenvalue weighted by Gasteiger charge is -2.18. The fraction of sp³-hybridized carbons (Fsp3) is 0.524. The molecule has 1 saturated carbocycles. The number of aryl methyl sites for hydroxylation is 2. The van der Waals surface area contributed by atoms with E-state index in [9.17, 15) is 9.59 Å². The molecule has 2 amide bonds. The highest BCUT2D eigenvalue weighted by atomic mass is 16.2. The predicted octanol–water partition coefficient (Wildman–Crippen LogP) is 3.01. The summed E-state index contributed by atoms with van der Waals surface area (Å²) < 4.78 is 1.96. The number of carbonyl (C=O) groups is 2. The van der Waals surface area contributed by atoms with Crippen LogP contribution in [0.3, 0.4) is 0 Å². The molecule has 1 aliphatic carbocycles. The smallest absolute Gasteiger partial charge is 0.270 e. The highest BCUT2D eigenvalue weighted by molar-refractivity contribution is 5.99. The number of benzene rings is 1. The van der Waals surface area contributed by atoms with Crippen LogP contribution in [0.4, 0.5) is 0 Å². The van der Waals surface area contributed by atoms with Crippen molar-refractivity contribution in [2.75, 3.05) is 13.1 Å². The SMILES string of the molecule is Cc1ccc2c(c1)cc(C(=O)N1CC[C@H](C(=O)NC3CCCC3)C1)n2C. The van der Waals surface area contributed by atoms with Gasteiger partial charge in [-0.3, -0.25) is 9.59 Å². The number of hydrogen-bond acceptors (Lipinski definition) is 2. The lowest BCUT2D eigenvalue weighted by Crippen LogP contribution is -2.39. The standard InChI is InChI=1S/C21H27N3O2/c1-14-7-8-18-16(11-14)12-19(23(18)2)21(26)24-10-9-15(13-24)20(25)22-17-5-3-4-6-17/h7-8,11-12,15,17H,3-6,9-10,13H2,1-2H3,(H,22,25)/t15-/m0/s1. The number of fused-ring (bicyclic) bond motifs is 1. The Morgan fingerprint density at radius 1 is 1.12 bits per heavy atom. The maximum Gasteiger partial charge on any atom is 0.270 e. The van der Waals surface area contributed by atoms with Crippen LogP contribution in [0.15, 0.2) is 24.3 Å². The highest BCUT2D eigenvalue weighted by Crippen LogP contribution is 2.25. The molecule has 0 unspecified atom stereocenters. The number of amides is 2.